The van der Waals surface area contributed by atoms with E-state index >= 15 is 0 Å². The minimum atomic E-state index is -1.13. The van der Waals surface area contributed by atoms with E-state index in [0.29, 0.717) is 0 Å². The number of hydrogen-bond acceptors (Lipinski definition) is 4. The minimum absolute atomic E-state index is 0.0514. The molecule has 2 aromatic carbocycles. The first-order valence-corrected chi connectivity index (χ1v) is 10.6. The van der Waals surface area contributed by atoms with E-state index in [1.165, 1.54) is 6.42 Å². The molecule has 1 atom stereocenters. The highest BCUT2D eigenvalue weighted by molar-refractivity contribution is 5.81. The predicted molar refractivity (Wildman–Crippen MR) is 112 cm³/mol. The monoisotopic (exact) mass is 409 g/mol. The van der Waals surface area contributed by atoms with Gasteiger partial charge in [0.1, 0.15) is 6.61 Å². The molecule has 6 heteroatoms. The summed E-state index contributed by atoms with van der Waals surface area (Å²) in [4.78, 5) is 23.9. The average Bonchev–Trinajstić information content (AvgIpc) is 3.09. The van der Waals surface area contributed by atoms with Crippen LogP contribution in [-0.2, 0) is 14.3 Å². The lowest BCUT2D eigenvalue weighted by Crippen LogP contribution is -2.45. The number of carbonyl (C=O) groups is 2. The minimum Gasteiger partial charge on any atom is -0.480 e. The van der Waals surface area contributed by atoms with Crippen molar-refractivity contribution in [3.8, 4) is 11.1 Å². The summed E-state index contributed by atoms with van der Waals surface area (Å²) < 4.78 is 11.2. The summed E-state index contributed by atoms with van der Waals surface area (Å²) in [5.74, 6) is -1.19. The van der Waals surface area contributed by atoms with Crippen molar-refractivity contribution in [2.75, 3.05) is 13.2 Å². The van der Waals surface area contributed by atoms with Gasteiger partial charge in [0, 0.05) is 5.92 Å². The Morgan fingerprint density at radius 1 is 0.967 bits per heavy atom. The fraction of sp³-hybridized carbons (Fsp3) is 0.417. The van der Waals surface area contributed by atoms with Crippen molar-refractivity contribution in [1.82, 2.24) is 5.32 Å². The molecule has 0 aromatic heterocycles. The van der Waals surface area contributed by atoms with E-state index in [9.17, 15) is 14.7 Å². The summed E-state index contributed by atoms with van der Waals surface area (Å²) in [6.45, 7) is 0.0971. The van der Waals surface area contributed by atoms with Crippen molar-refractivity contribution in [3.05, 3.63) is 59.7 Å². The molecule has 0 bridgehead atoms. The van der Waals surface area contributed by atoms with Gasteiger partial charge in [0.05, 0.1) is 12.7 Å². The topological polar surface area (TPSA) is 84.9 Å². The second-order valence-corrected chi connectivity index (χ2v) is 7.95. The molecule has 2 aliphatic carbocycles. The Balaban J connectivity index is 1.35. The van der Waals surface area contributed by atoms with Crippen LogP contribution < -0.4 is 5.32 Å². The molecule has 0 heterocycles. The number of hydrogen-bond donors (Lipinski definition) is 2. The van der Waals surface area contributed by atoms with Gasteiger partial charge in [-0.2, -0.15) is 0 Å². The van der Waals surface area contributed by atoms with Gasteiger partial charge in [0.15, 0.2) is 6.04 Å². The zero-order valence-corrected chi connectivity index (χ0v) is 16.9. The summed E-state index contributed by atoms with van der Waals surface area (Å²) in [6, 6.07) is 15.0. The molecule has 30 heavy (non-hydrogen) atoms. The number of alkyl carbamates (subject to hydrolysis) is 1. The molecule has 0 radical (unpaired) electrons. The number of carbonyl (C=O) groups excluding carboxylic acids is 1. The number of ether oxygens (including phenoxy) is 2. The lowest BCUT2D eigenvalue weighted by molar-refractivity contribution is -0.141. The van der Waals surface area contributed by atoms with Crippen LogP contribution in [0.5, 0.6) is 0 Å². The van der Waals surface area contributed by atoms with Gasteiger partial charge in [-0.15, -0.1) is 0 Å². The van der Waals surface area contributed by atoms with Crippen molar-refractivity contribution < 1.29 is 24.2 Å². The fourth-order valence-electron chi connectivity index (χ4n) is 4.42. The zero-order valence-electron chi connectivity index (χ0n) is 16.9. The third-order valence-corrected chi connectivity index (χ3v) is 5.98. The van der Waals surface area contributed by atoms with Crippen LogP contribution in [0.3, 0.4) is 0 Å². The fourth-order valence-corrected chi connectivity index (χ4v) is 4.42. The summed E-state index contributed by atoms with van der Waals surface area (Å²) in [7, 11) is 0. The Morgan fingerprint density at radius 2 is 1.57 bits per heavy atom. The molecule has 1 amide bonds. The van der Waals surface area contributed by atoms with Crippen LogP contribution in [0.4, 0.5) is 4.79 Å². The molecule has 0 saturated heterocycles. The number of rotatable bonds is 7. The number of benzene rings is 2. The Labute approximate surface area is 176 Å². The number of fused-ring (bicyclic) bond motifs is 3. The first-order valence-electron chi connectivity index (χ1n) is 10.6. The maximum atomic E-state index is 12.3. The molecule has 1 fully saturated rings. The maximum absolute atomic E-state index is 12.3. The van der Waals surface area contributed by atoms with Crippen LogP contribution in [0, 0.1) is 0 Å². The van der Waals surface area contributed by atoms with E-state index in [4.69, 9.17) is 9.47 Å². The Kier molecular flexibility index (Phi) is 6.33. The number of carboxylic acids is 1. The standard InChI is InChI=1S/C24H27NO5/c26-23(27)22(15-29-16-8-2-1-3-9-16)25-24(28)30-14-21-19-12-6-4-10-17(19)18-11-5-7-13-20(18)21/h4-7,10-13,16,21-22H,1-3,8-9,14-15H2,(H,25,28)(H,26,27). The van der Waals surface area contributed by atoms with E-state index in [0.717, 1.165) is 47.9 Å². The van der Waals surface area contributed by atoms with E-state index < -0.39 is 18.1 Å². The second kappa shape index (κ2) is 9.30. The van der Waals surface area contributed by atoms with Gasteiger partial charge in [0.25, 0.3) is 0 Å². The molecular formula is C24H27NO5. The summed E-state index contributed by atoms with van der Waals surface area (Å²) in [6.07, 6.45) is 4.61. The highest BCUT2D eigenvalue weighted by atomic mass is 16.6. The van der Waals surface area contributed by atoms with E-state index in [1.807, 2.05) is 36.4 Å². The number of aliphatic carboxylic acids is 1. The quantitative estimate of drug-likeness (QED) is 0.711. The van der Waals surface area contributed by atoms with Crippen molar-refractivity contribution in [2.45, 2.75) is 50.2 Å². The van der Waals surface area contributed by atoms with Gasteiger partial charge in [-0.3, -0.25) is 0 Å². The highest BCUT2D eigenvalue weighted by Crippen LogP contribution is 2.44. The molecule has 2 N–H and O–H groups in total. The average molecular weight is 409 g/mol. The largest absolute Gasteiger partial charge is 0.480 e. The van der Waals surface area contributed by atoms with E-state index in [2.05, 4.69) is 17.4 Å². The van der Waals surface area contributed by atoms with Crippen molar-refractivity contribution >= 4 is 12.1 Å². The molecule has 0 aliphatic heterocycles. The van der Waals surface area contributed by atoms with Crippen LogP contribution in [-0.4, -0.2) is 42.5 Å². The molecule has 2 aromatic rings. The Bertz CT molecular complexity index is 860. The first-order chi connectivity index (χ1) is 14.6. The van der Waals surface area contributed by atoms with Crippen LogP contribution in [0.25, 0.3) is 11.1 Å². The van der Waals surface area contributed by atoms with Crippen LogP contribution in [0.15, 0.2) is 48.5 Å². The normalized spacial score (nSPS) is 17.1. The van der Waals surface area contributed by atoms with Crippen molar-refractivity contribution in [2.24, 2.45) is 0 Å². The molecule has 1 saturated carbocycles. The zero-order chi connectivity index (χ0) is 20.9. The van der Waals surface area contributed by atoms with Gasteiger partial charge in [-0.1, -0.05) is 67.8 Å². The van der Waals surface area contributed by atoms with E-state index in [-0.39, 0.29) is 25.2 Å². The van der Waals surface area contributed by atoms with Gasteiger partial charge in [0.2, 0.25) is 0 Å². The Hall–Kier alpha value is -2.86. The lowest BCUT2D eigenvalue weighted by atomic mass is 9.98. The number of carboxylic acid groups (broad SMARTS) is 1. The SMILES string of the molecule is O=C(NC(COC1CCCCC1)C(=O)O)OCC1c2ccccc2-c2ccccc21. The molecular weight excluding hydrogens is 382 g/mol. The Morgan fingerprint density at radius 3 is 2.17 bits per heavy atom. The third kappa shape index (κ3) is 4.49. The van der Waals surface area contributed by atoms with Crippen LogP contribution in [0.2, 0.25) is 0 Å². The second-order valence-electron chi connectivity index (χ2n) is 7.95. The maximum Gasteiger partial charge on any atom is 0.407 e. The number of nitrogens with one attached hydrogen (secondary N) is 1. The van der Waals surface area contributed by atoms with Gasteiger partial charge in [-0.25, -0.2) is 9.59 Å². The highest BCUT2D eigenvalue weighted by Gasteiger charge is 2.30. The van der Waals surface area contributed by atoms with Crippen molar-refractivity contribution in [3.63, 3.8) is 0 Å². The van der Waals surface area contributed by atoms with Crippen LogP contribution >= 0.6 is 0 Å². The molecule has 158 valence electrons. The van der Waals surface area contributed by atoms with Crippen LogP contribution in [0.1, 0.15) is 49.1 Å². The summed E-state index contributed by atoms with van der Waals surface area (Å²) in [5.41, 5.74) is 4.52. The third-order valence-electron chi connectivity index (χ3n) is 5.98. The number of amides is 1. The summed E-state index contributed by atoms with van der Waals surface area (Å²) in [5, 5.41) is 11.9. The lowest BCUT2D eigenvalue weighted by Gasteiger charge is -2.24. The molecule has 2 aliphatic rings. The molecule has 6 nitrogen and oxygen atoms in total. The van der Waals surface area contributed by atoms with Crippen molar-refractivity contribution in [1.29, 1.82) is 0 Å². The summed E-state index contributed by atoms with van der Waals surface area (Å²) >= 11 is 0. The molecule has 1 unspecified atom stereocenters. The molecule has 4 rings (SSSR count). The smallest absolute Gasteiger partial charge is 0.407 e. The first kappa shape index (κ1) is 20.4. The van der Waals surface area contributed by atoms with Gasteiger partial charge >= 0.3 is 12.1 Å². The van der Waals surface area contributed by atoms with E-state index in [1.54, 1.807) is 0 Å². The van der Waals surface area contributed by atoms with Gasteiger partial charge < -0.3 is 19.9 Å². The predicted octanol–water partition coefficient (Wildman–Crippen LogP) is 4.33. The van der Waals surface area contributed by atoms with Gasteiger partial charge in [-0.05, 0) is 35.1 Å². The molecule has 0 spiro atoms.